The predicted molar refractivity (Wildman–Crippen MR) is 66.6 cm³/mol. The largest absolute Gasteiger partial charge is 0.296 e. The van der Waals surface area contributed by atoms with E-state index in [9.17, 15) is 0 Å². The summed E-state index contributed by atoms with van der Waals surface area (Å²) in [7, 11) is 0. The van der Waals surface area contributed by atoms with Gasteiger partial charge in [0, 0.05) is 18.4 Å². The SMILES string of the molecule is CCC(C#N)NCC1=NN=C(C(C)(C)C)C1. The number of hydrogen-bond donors (Lipinski definition) is 1. The second-order valence-electron chi connectivity index (χ2n) is 5.11. The van der Waals surface area contributed by atoms with Crippen LogP contribution in [0, 0.1) is 16.7 Å². The molecule has 1 aliphatic rings. The highest BCUT2D eigenvalue weighted by Gasteiger charge is 2.24. The fraction of sp³-hybridized carbons (Fsp3) is 0.750. The van der Waals surface area contributed by atoms with Crippen LogP contribution in [0.1, 0.15) is 40.5 Å². The summed E-state index contributed by atoms with van der Waals surface area (Å²) in [4.78, 5) is 0. The first-order valence-electron chi connectivity index (χ1n) is 5.73. The molecule has 1 unspecified atom stereocenters. The van der Waals surface area contributed by atoms with E-state index in [1.54, 1.807) is 0 Å². The van der Waals surface area contributed by atoms with Crippen molar-refractivity contribution in [3.63, 3.8) is 0 Å². The lowest BCUT2D eigenvalue weighted by Gasteiger charge is -2.17. The van der Waals surface area contributed by atoms with Crippen LogP contribution >= 0.6 is 0 Å². The maximum Gasteiger partial charge on any atom is 0.0953 e. The van der Waals surface area contributed by atoms with E-state index in [1.165, 1.54) is 0 Å². The van der Waals surface area contributed by atoms with Gasteiger partial charge in [-0.05, 0) is 6.42 Å². The zero-order valence-corrected chi connectivity index (χ0v) is 10.5. The van der Waals surface area contributed by atoms with E-state index < -0.39 is 0 Å². The number of nitriles is 1. The molecule has 16 heavy (non-hydrogen) atoms. The molecular formula is C12H20N4. The standard InChI is InChI=1S/C12H20N4/c1-5-9(7-13)14-8-10-6-11(16-15-10)12(2,3)4/h9,14H,5-6,8H2,1-4H3. The van der Waals surface area contributed by atoms with Crippen molar-refractivity contribution >= 4 is 11.4 Å². The van der Waals surface area contributed by atoms with Crippen LogP contribution in [0.5, 0.6) is 0 Å². The average molecular weight is 220 g/mol. The Kier molecular flexibility index (Phi) is 4.19. The Bertz CT molecular complexity index is 341. The molecule has 0 radical (unpaired) electrons. The van der Waals surface area contributed by atoms with Gasteiger partial charge in [0.15, 0.2) is 0 Å². The van der Waals surface area contributed by atoms with E-state index in [2.05, 4.69) is 42.4 Å². The first kappa shape index (κ1) is 12.9. The Morgan fingerprint density at radius 1 is 1.44 bits per heavy atom. The molecule has 0 fully saturated rings. The summed E-state index contributed by atoms with van der Waals surface area (Å²) >= 11 is 0. The molecular weight excluding hydrogens is 200 g/mol. The van der Waals surface area contributed by atoms with Gasteiger partial charge in [-0.2, -0.15) is 15.5 Å². The predicted octanol–water partition coefficient (Wildman–Crippen LogP) is 2.12. The van der Waals surface area contributed by atoms with Crippen molar-refractivity contribution in [1.29, 1.82) is 5.26 Å². The molecule has 0 saturated heterocycles. The Morgan fingerprint density at radius 3 is 2.56 bits per heavy atom. The van der Waals surface area contributed by atoms with Crippen LogP contribution < -0.4 is 5.32 Å². The van der Waals surface area contributed by atoms with Crippen LogP contribution in [0.15, 0.2) is 10.2 Å². The third-order valence-electron chi connectivity index (χ3n) is 2.67. The summed E-state index contributed by atoms with van der Waals surface area (Å²) < 4.78 is 0. The molecule has 1 atom stereocenters. The summed E-state index contributed by atoms with van der Waals surface area (Å²) in [5, 5.41) is 20.3. The molecule has 1 heterocycles. The van der Waals surface area contributed by atoms with Gasteiger partial charge in [0.25, 0.3) is 0 Å². The maximum atomic E-state index is 8.80. The number of hydrogen-bond acceptors (Lipinski definition) is 4. The van der Waals surface area contributed by atoms with Crippen molar-refractivity contribution in [3.8, 4) is 6.07 Å². The van der Waals surface area contributed by atoms with Gasteiger partial charge >= 0.3 is 0 Å². The summed E-state index contributed by atoms with van der Waals surface area (Å²) in [5.74, 6) is 0. The van der Waals surface area contributed by atoms with E-state index >= 15 is 0 Å². The lowest BCUT2D eigenvalue weighted by atomic mass is 9.87. The average Bonchev–Trinajstić information content (AvgIpc) is 2.67. The first-order valence-corrected chi connectivity index (χ1v) is 5.73. The van der Waals surface area contributed by atoms with Crippen molar-refractivity contribution in [2.75, 3.05) is 6.54 Å². The lowest BCUT2D eigenvalue weighted by molar-refractivity contribution is 0.584. The summed E-state index contributed by atoms with van der Waals surface area (Å²) in [5.41, 5.74) is 2.23. The third-order valence-corrected chi connectivity index (χ3v) is 2.67. The molecule has 1 rings (SSSR count). The minimum atomic E-state index is -0.0820. The highest BCUT2D eigenvalue weighted by Crippen LogP contribution is 2.22. The first-order chi connectivity index (χ1) is 7.47. The molecule has 0 aromatic carbocycles. The lowest BCUT2D eigenvalue weighted by Crippen LogP contribution is -2.33. The molecule has 0 spiro atoms. The van der Waals surface area contributed by atoms with Crippen molar-refractivity contribution < 1.29 is 0 Å². The molecule has 1 aliphatic heterocycles. The Balaban J connectivity index is 2.38. The highest BCUT2D eigenvalue weighted by molar-refractivity contribution is 6.10. The van der Waals surface area contributed by atoms with Crippen molar-refractivity contribution in [2.45, 2.75) is 46.6 Å². The molecule has 4 nitrogen and oxygen atoms in total. The van der Waals surface area contributed by atoms with Gasteiger partial charge in [-0.1, -0.05) is 27.7 Å². The van der Waals surface area contributed by atoms with E-state index in [0.29, 0.717) is 6.54 Å². The molecule has 4 heteroatoms. The van der Waals surface area contributed by atoms with Gasteiger partial charge < -0.3 is 0 Å². The smallest absolute Gasteiger partial charge is 0.0953 e. The molecule has 0 aromatic heterocycles. The van der Waals surface area contributed by atoms with Crippen molar-refractivity contribution in [1.82, 2.24) is 5.32 Å². The molecule has 0 aliphatic carbocycles. The third kappa shape index (κ3) is 3.42. The summed E-state index contributed by atoms with van der Waals surface area (Å²) in [6.07, 6.45) is 1.65. The number of rotatable bonds is 4. The normalized spacial score (nSPS) is 17.7. The zero-order valence-electron chi connectivity index (χ0n) is 10.5. The zero-order chi connectivity index (χ0) is 12.2. The Hall–Kier alpha value is -1.21. The van der Waals surface area contributed by atoms with Crippen LogP contribution in [0.25, 0.3) is 0 Å². The molecule has 1 N–H and O–H groups in total. The minimum Gasteiger partial charge on any atom is -0.296 e. The van der Waals surface area contributed by atoms with Gasteiger partial charge in [0.2, 0.25) is 0 Å². The summed E-state index contributed by atoms with van der Waals surface area (Å²) in [6.45, 7) is 9.08. The fourth-order valence-electron chi connectivity index (χ4n) is 1.43. The van der Waals surface area contributed by atoms with Gasteiger partial charge in [-0.25, -0.2) is 0 Å². The van der Waals surface area contributed by atoms with Crippen molar-refractivity contribution in [3.05, 3.63) is 0 Å². The maximum absolute atomic E-state index is 8.80. The Labute approximate surface area is 97.5 Å². The van der Waals surface area contributed by atoms with Crippen LogP contribution in [-0.2, 0) is 0 Å². The van der Waals surface area contributed by atoms with Crippen LogP contribution in [-0.4, -0.2) is 24.0 Å². The molecule has 88 valence electrons. The second-order valence-corrected chi connectivity index (χ2v) is 5.11. The quantitative estimate of drug-likeness (QED) is 0.789. The van der Waals surface area contributed by atoms with Crippen LogP contribution in [0.2, 0.25) is 0 Å². The molecule has 0 saturated carbocycles. The monoisotopic (exact) mass is 220 g/mol. The fourth-order valence-corrected chi connectivity index (χ4v) is 1.43. The van der Waals surface area contributed by atoms with E-state index in [-0.39, 0.29) is 11.5 Å². The van der Waals surface area contributed by atoms with Gasteiger partial charge in [0.05, 0.1) is 23.5 Å². The second kappa shape index (κ2) is 5.22. The van der Waals surface area contributed by atoms with Crippen LogP contribution in [0.4, 0.5) is 0 Å². The number of nitrogens with one attached hydrogen (secondary N) is 1. The Morgan fingerprint density at radius 2 is 2.12 bits per heavy atom. The topological polar surface area (TPSA) is 60.5 Å². The van der Waals surface area contributed by atoms with Crippen molar-refractivity contribution in [2.24, 2.45) is 15.6 Å². The summed E-state index contributed by atoms with van der Waals surface area (Å²) in [6, 6.07) is 2.13. The minimum absolute atomic E-state index is 0.0820. The van der Waals surface area contributed by atoms with E-state index in [1.807, 2.05) is 6.92 Å². The highest BCUT2D eigenvalue weighted by atomic mass is 15.2. The van der Waals surface area contributed by atoms with Gasteiger partial charge in [0.1, 0.15) is 0 Å². The van der Waals surface area contributed by atoms with Crippen LogP contribution in [0.3, 0.4) is 0 Å². The van der Waals surface area contributed by atoms with E-state index in [4.69, 9.17) is 5.26 Å². The van der Waals surface area contributed by atoms with Gasteiger partial charge in [-0.15, -0.1) is 0 Å². The molecule has 0 amide bonds. The molecule has 0 bridgehead atoms. The molecule has 0 aromatic rings. The number of nitrogens with zero attached hydrogens (tertiary/aromatic N) is 3. The van der Waals surface area contributed by atoms with E-state index in [0.717, 1.165) is 24.3 Å². The van der Waals surface area contributed by atoms with Gasteiger partial charge in [-0.3, -0.25) is 5.32 Å².